The molecule has 110 valence electrons. The fraction of sp³-hybridized carbons (Fsp3) is 0.143. The first-order valence-electron chi connectivity index (χ1n) is 5.90. The number of rotatable bonds is 4. The van der Waals surface area contributed by atoms with E-state index in [-0.39, 0.29) is 28.2 Å². The first-order valence-corrected chi connectivity index (χ1v) is 7.10. The quantitative estimate of drug-likeness (QED) is 0.679. The van der Waals surface area contributed by atoms with E-state index < -0.39 is 5.91 Å². The second-order valence-electron chi connectivity index (χ2n) is 4.13. The zero-order valence-electron chi connectivity index (χ0n) is 11.1. The van der Waals surface area contributed by atoms with Crippen molar-refractivity contribution < 1.29 is 19.4 Å². The van der Waals surface area contributed by atoms with E-state index in [4.69, 9.17) is 16.3 Å². The van der Waals surface area contributed by atoms with Crippen LogP contribution in [-0.4, -0.2) is 34.8 Å². The lowest BCUT2D eigenvalue weighted by Crippen LogP contribution is -2.27. The highest BCUT2D eigenvalue weighted by molar-refractivity contribution is 8.18. The second kappa shape index (κ2) is 6.24. The van der Waals surface area contributed by atoms with Crippen LogP contribution in [0.5, 0.6) is 11.5 Å². The Kier molecular flexibility index (Phi) is 4.59. The fourth-order valence-electron chi connectivity index (χ4n) is 1.79. The third kappa shape index (κ3) is 3.06. The maximum Gasteiger partial charge on any atom is 0.293 e. The van der Waals surface area contributed by atoms with E-state index in [0.717, 1.165) is 16.7 Å². The Morgan fingerprint density at radius 3 is 2.81 bits per heavy atom. The molecule has 2 rings (SSSR count). The van der Waals surface area contributed by atoms with Gasteiger partial charge in [0.15, 0.2) is 11.5 Å². The van der Waals surface area contributed by atoms with E-state index in [1.54, 1.807) is 0 Å². The van der Waals surface area contributed by atoms with Gasteiger partial charge in [-0.15, -0.1) is 6.58 Å². The van der Waals surface area contributed by atoms with Crippen LogP contribution in [0.2, 0.25) is 5.02 Å². The van der Waals surface area contributed by atoms with E-state index in [9.17, 15) is 14.7 Å². The molecule has 0 unspecified atom stereocenters. The van der Waals surface area contributed by atoms with Crippen molar-refractivity contribution in [2.75, 3.05) is 13.7 Å². The van der Waals surface area contributed by atoms with E-state index in [1.165, 1.54) is 31.4 Å². The van der Waals surface area contributed by atoms with Gasteiger partial charge in [0.1, 0.15) is 0 Å². The van der Waals surface area contributed by atoms with Crippen LogP contribution >= 0.6 is 23.4 Å². The van der Waals surface area contributed by atoms with Crippen LogP contribution in [0.25, 0.3) is 6.08 Å². The number of methoxy groups -OCH3 is 1. The molecule has 1 saturated heterocycles. The first-order chi connectivity index (χ1) is 9.97. The smallest absolute Gasteiger partial charge is 0.293 e. The van der Waals surface area contributed by atoms with Gasteiger partial charge in [0.2, 0.25) is 0 Å². The molecule has 0 radical (unpaired) electrons. The Hall–Kier alpha value is -1.92. The molecule has 21 heavy (non-hydrogen) atoms. The number of nitrogens with zero attached hydrogens (tertiary/aromatic N) is 1. The molecule has 1 heterocycles. The summed E-state index contributed by atoms with van der Waals surface area (Å²) in [6, 6.07) is 2.94. The summed E-state index contributed by atoms with van der Waals surface area (Å²) < 4.78 is 4.99. The Bertz CT molecular complexity index is 657. The van der Waals surface area contributed by atoms with Gasteiger partial charge in [0.05, 0.1) is 12.0 Å². The number of thioether (sulfide) groups is 1. The van der Waals surface area contributed by atoms with Crippen LogP contribution in [-0.2, 0) is 4.79 Å². The van der Waals surface area contributed by atoms with Gasteiger partial charge in [-0.3, -0.25) is 14.5 Å². The molecule has 1 N–H and O–H groups in total. The SMILES string of the molecule is C=CCN1C(=O)SC(=Cc2cc(Cl)cc(OC)c2O)C1=O. The third-order valence-corrected chi connectivity index (χ3v) is 3.89. The largest absolute Gasteiger partial charge is 0.504 e. The van der Waals surface area contributed by atoms with Gasteiger partial charge in [-0.1, -0.05) is 17.7 Å². The zero-order valence-corrected chi connectivity index (χ0v) is 12.7. The van der Waals surface area contributed by atoms with Gasteiger partial charge in [0.25, 0.3) is 11.1 Å². The van der Waals surface area contributed by atoms with Gasteiger partial charge in [-0.2, -0.15) is 0 Å². The van der Waals surface area contributed by atoms with Crippen LogP contribution in [0.4, 0.5) is 4.79 Å². The number of amides is 2. The standard InChI is InChI=1S/C14H12ClNO4S/c1-3-4-16-13(18)11(21-14(16)19)6-8-5-9(15)7-10(20-2)12(8)17/h3,5-7,17H,1,4H2,2H3. The Labute approximate surface area is 130 Å². The average molecular weight is 326 g/mol. The number of hydrogen-bond acceptors (Lipinski definition) is 5. The molecule has 1 aromatic carbocycles. The molecule has 0 aliphatic carbocycles. The van der Waals surface area contributed by atoms with Crippen molar-refractivity contribution in [2.45, 2.75) is 0 Å². The summed E-state index contributed by atoms with van der Waals surface area (Å²) in [6.45, 7) is 3.65. The minimum atomic E-state index is -0.428. The first kappa shape index (κ1) is 15.5. The van der Waals surface area contributed by atoms with Crippen molar-refractivity contribution in [3.63, 3.8) is 0 Å². The second-order valence-corrected chi connectivity index (χ2v) is 5.56. The molecule has 0 atom stereocenters. The van der Waals surface area contributed by atoms with Crippen molar-refractivity contribution in [3.8, 4) is 11.5 Å². The molecule has 1 aliphatic heterocycles. The van der Waals surface area contributed by atoms with Crippen LogP contribution in [0.1, 0.15) is 5.56 Å². The molecule has 1 aliphatic rings. The number of carbonyl (C=O) groups is 2. The molecule has 0 spiro atoms. The molecule has 0 aromatic heterocycles. The lowest BCUT2D eigenvalue weighted by atomic mass is 10.1. The Morgan fingerprint density at radius 1 is 1.48 bits per heavy atom. The van der Waals surface area contributed by atoms with Crippen LogP contribution in [0.15, 0.2) is 29.7 Å². The highest BCUT2D eigenvalue weighted by Gasteiger charge is 2.34. The molecule has 2 amide bonds. The maximum atomic E-state index is 12.1. The van der Waals surface area contributed by atoms with E-state index in [2.05, 4.69) is 6.58 Å². The molecular formula is C14H12ClNO4S. The molecule has 1 fully saturated rings. The van der Waals surface area contributed by atoms with Crippen molar-refractivity contribution in [1.29, 1.82) is 0 Å². The lowest BCUT2D eigenvalue weighted by molar-refractivity contribution is -0.122. The number of ether oxygens (including phenoxy) is 1. The predicted octanol–water partition coefficient (Wildman–Crippen LogP) is 3.28. The summed E-state index contributed by atoms with van der Waals surface area (Å²) in [5, 5.41) is 10.0. The molecule has 0 saturated carbocycles. The summed E-state index contributed by atoms with van der Waals surface area (Å²) >= 11 is 6.73. The Morgan fingerprint density at radius 2 is 2.19 bits per heavy atom. The zero-order chi connectivity index (χ0) is 15.6. The topological polar surface area (TPSA) is 66.8 Å². The summed E-state index contributed by atoms with van der Waals surface area (Å²) in [5.41, 5.74) is 0.309. The van der Waals surface area contributed by atoms with E-state index in [1.807, 2.05) is 0 Å². The average Bonchev–Trinajstić information content (AvgIpc) is 2.70. The molecule has 0 bridgehead atoms. The number of halogens is 1. The number of aromatic hydroxyl groups is 1. The Balaban J connectivity index is 2.41. The van der Waals surface area contributed by atoms with Crippen LogP contribution in [0.3, 0.4) is 0 Å². The van der Waals surface area contributed by atoms with Crippen LogP contribution < -0.4 is 4.74 Å². The van der Waals surface area contributed by atoms with Crippen molar-refractivity contribution in [2.24, 2.45) is 0 Å². The highest BCUT2D eigenvalue weighted by Crippen LogP contribution is 2.38. The normalized spacial score (nSPS) is 16.7. The van der Waals surface area contributed by atoms with Crippen molar-refractivity contribution >= 4 is 40.6 Å². The predicted molar refractivity (Wildman–Crippen MR) is 82.5 cm³/mol. The number of carbonyl (C=O) groups excluding carboxylic acids is 2. The van der Waals surface area contributed by atoms with Crippen LogP contribution in [0, 0.1) is 0 Å². The van der Waals surface area contributed by atoms with Crippen molar-refractivity contribution in [3.05, 3.63) is 40.3 Å². The molecular weight excluding hydrogens is 314 g/mol. The van der Waals surface area contributed by atoms with Gasteiger partial charge in [0, 0.05) is 23.2 Å². The maximum absolute atomic E-state index is 12.1. The van der Waals surface area contributed by atoms with Crippen molar-refractivity contribution in [1.82, 2.24) is 4.90 Å². The third-order valence-electron chi connectivity index (χ3n) is 2.76. The minimum Gasteiger partial charge on any atom is -0.504 e. The minimum absolute atomic E-state index is 0.141. The summed E-state index contributed by atoms with van der Waals surface area (Å²) in [6.07, 6.45) is 2.89. The number of phenols is 1. The summed E-state index contributed by atoms with van der Waals surface area (Å²) in [7, 11) is 1.40. The van der Waals surface area contributed by atoms with Gasteiger partial charge in [-0.05, 0) is 23.9 Å². The van der Waals surface area contributed by atoms with Gasteiger partial charge >= 0.3 is 0 Å². The van der Waals surface area contributed by atoms with Gasteiger partial charge in [-0.25, -0.2) is 0 Å². The molecule has 1 aromatic rings. The number of hydrogen-bond donors (Lipinski definition) is 1. The molecule has 5 nitrogen and oxygen atoms in total. The number of benzene rings is 1. The molecule has 7 heteroatoms. The summed E-state index contributed by atoms with van der Waals surface area (Å²) in [5.74, 6) is -0.375. The van der Waals surface area contributed by atoms with Gasteiger partial charge < -0.3 is 9.84 Å². The summed E-state index contributed by atoms with van der Waals surface area (Å²) in [4.78, 5) is 25.1. The highest BCUT2D eigenvalue weighted by atomic mass is 35.5. The van der Waals surface area contributed by atoms with E-state index in [0.29, 0.717) is 10.6 Å². The number of phenolic OH excluding ortho intramolecular Hbond substituents is 1. The monoisotopic (exact) mass is 325 g/mol. The number of imide groups is 1. The lowest BCUT2D eigenvalue weighted by Gasteiger charge is -2.09. The fourth-order valence-corrected chi connectivity index (χ4v) is 2.84. The van der Waals surface area contributed by atoms with E-state index >= 15 is 0 Å².